The molecule has 0 aliphatic carbocycles. The predicted molar refractivity (Wildman–Crippen MR) is 123 cm³/mol. The maximum atomic E-state index is 13.6. The van der Waals surface area contributed by atoms with Crippen molar-refractivity contribution in [2.75, 3.05) is 5.73 Å². The van der Waals surface area contributed by atoms with Gasteiger partial charge in [0.1, 0.15) is 10.9 Å². The first-order valence-corrected chi connectivity index (χ1v) is 11.0. The Bertz CT molecular complexity index is 921. The molecule has 1 heterocycles. The standard InChI is InChI=1S/C22H31N5O3S/c1-5-6-12-15(20(29)25-22(2,3)4)27(13-14-10-8-7-9-11-14)21(30)18-16(23)17(19(24)28)26-31-18/h7-11,15H,5-6,12-13,23H2,1-4H3,(H2,24,28)(H,25,29)/t15-/m0/s1. The summed E-state index contributed by atoms with van der Waals surface area (Å²) in [6.07, 6.45) is 2.14. The number of unbranched alkanes of at least 4 members (excludes halogenated alkanes) is 1. The quantitative estimate of drug-likeness (QED) is 0.546. The molecule has 0 aliphatic rings. The highest BCUT2D eigenvalue weighted by Gasteiger charge is 2.34. The molecular weight excluding hydrogens is 414 g/mol. The molecule has 0 fully saturated rings. The fraction of sp³-hybridized carbons (Fsp3) is 0.455. The number of nitrogens with two attached hydrogens (primary N) is 2. The molecule has 168 valence electrons. The lowest BCUT2D eigenvalue weighted by Crippen LogP contribution is -2.53. The van der Waals surface area contributed by atoms with Crippen molar-refractivity contribution in [1.29, 1.82) is 0 Å². The van der Waals surface area contributed by atoms with Crippen LogP contribution in [0.5, 0.6) is 0 Å². The fourth-order valence-electron chi connectivity index (χ4n) is 3.14. The van der Waals surface area contributed by atoms with E-state index in [1.165, 1.54) is 4.90 Å². The van der Waals surface area contributed by atoms with E-state index < -0.39 is 23.4 Å². The molecule has 0 saturated heterocycles. The van der Waals surface area contributed by atoms with E-state index in [2.05, 4.69) is 9.69 Å². The van der Waals surface area contributed by atoms with Crippen LogP contribution in [0.4, 0.5) is 5.69 Å². The van der Waals surface area contributed by atoms with Gasteiger partial charge in [0.15, 0.2) is 5.69 Å². The minimum atomic E-state index is -0.796. The average molecular weight is 446 g/mol. The molecule has 8 nitrogen and oxygen atoms in total. The smallest absolute Gasteiger partial charge is 0.270 e. The van der Waals surface area contributed by atoms with Gasteiger partial charge in [-0.3, -0.25) is 14.4 Å². The third kappa shape index (κ3) is 6.52. The number of carbonyl (C=O) groups excluding carboxylic acids is 3. The number of anilines is 1. The van der Waals surface area contributed by atoms with Crippen molar-refractivity contribution >= 4 is 34.9 Å². The van der Waals surface area contributed by atoms with E-state index in [0.29, 0.717) is 6.42 Å². The summed E-state index contributed by atoms with van der Waals surface area (Å²) in [5.41, 5.74) is 11.6. The Hall–Kier alpha value is -2.94. The molecule has 0 bridgehead atoms. The summed E-state index contributed by atoms with van der Waals surface area (Å²) < 4.78 is 3.95. The Morgan fingerprint density at radius 1 is 1.19 bits per heavy atom. The molecule has 31 heavy (non-hydrogen) atoms. The molecule has 0 unspecified atom stereocenters. The Morgan fingerprint density at radius 3 is 2.35 bits per heavy atom. The molecule has 0 radical (unpaired) electrons. The maximum Gasteiger partial charge on any atom is 0.270 e. The Balaban J connectivity index is 2.49. The number of rotatable bonds is 9. The first-order valence-electron chi connectivity index (χ1n) is 10.3. The number of nitrogens with zero attached hydrogens (tertiary/aromatic N) is 2. The molecule has 5 N–H and O–H groups in total. The van der Waals surface area contributed by atoms with Gasteiger partial charge in [0, 0.05) is 12.1 Å². The van der Waals surface area contributed by atoms with Gasteiger partial charge >= 0.3 is 0 Å². The first kappa shape index (κ1) is 24.3. The number of hydrogen-bond donors (Lipinski definition) is 3. The number of hydrogen-bond acceptors (Lipinski definition) is 6. The van der Waals surface area contributed by atoms with Crippen LogP contribution in [-0.2, 0) is 11.3 Å². The number of amides is 3. The summed E-state index contributed by atoms with van der Waals surface area (Å²) in [6, 6.07) is 8.72. The largest absolute Gasteiger partial charge is 0.395 e. The lowest BCUT2D eigenvalue weighted by molar-refractivity contribution is -0.127. The molecule has 1 aromatic heterocycles. The van der Waals surface area contributed by atoms with Crippen LogP contribution in [0, 0.1) is 0 Å². The summed E-state index contributed by atoms with van der Waals surface area (Å²) in [5.74, 6) is -1.48. The second-order valence-corrected chi connectivity index (χ2v) is 9.23. The molecular formula is C22H31N5O3S. The van der Waals surface area contributed by atoms with Gasteiger partial charge in [-0.2, -0.15) is 4.37 Å². The molecule has 1 aromatic carbocycles. The van der Waals surface area contributed by atoms with E-state index >= 15 is 0 Å². The molecule has 1 atom stereocenters. The zero-order valence-electron chi connectivity index (χ0n) is 18.5. The molecule has 2 rings (SSSR count). The zero-order chi connectivity index (χ0) is 23.2. The van der Waals surface area contributed by atoms with Crippen molar-refractivity contribution in [3.8, 4) is 0 Å². The van der Waals surface area contributed by atoms with E-state index in [9.17, 15) is 14.4 Å². The number of nitrogens with one attached hydrogen (secondary N) is 1. The molecule has 3 amide bonds. The average Bonchev–Trinajstić information content (AvgIpc) is 3.08. The molecule has 0 aliphatic heterocycles. The Kier molecular flexibility index (Phi) is 8.15. The topological polar surface area (TPSA) is 131 Å². The van der Waals surface area contributed by atoms with E-state index in [-0.39, 0.29) is 28.7 Å². The minimum absolute atomic E-state index is 0.0500. The summed E-state index contributed by atoms with van der Waals surface area (Å²) in [7, 11) is 0. The summed E-state index contributed by atoms with van der Waals surface area (Å²) >= 11 is 0.819. The van der Waals surface area contributed by atoms with Crippen LogP contribution in [0.25, 0.3) is 0 Å². The number of carbonyl (C=O) groups is 3. The van der Waals surface area contributed by atoms with Crippen molar-refractivity contribution in [2.24, 2.45) is 5.73 Å². The van der Waals surface area contributed by atoms with Crippen molar-refractivity contribution in [2.45, 2.75) is 65.1 Å². The van der Waals surface area contributed by atoms with Crippen LogP contribution >= 0.6 is 11.5 Å². The van der Waals surface area contributed by atoms with Crippen LogP contribution in [0.2, 0.25) is 0 Å². The molecule has 0 saturated carbocycles. The van der Waals surface area contributed by atoms with Gasteiger partial charge in [-0.25, -0.2) is 0 Å². The number of nitrogen functional groups attached to an aromatic ring is 1. The van der Waals surface area contributed by atoms with Crippen LogP contribution in [0.15, 0.2) is 30.3 Å². The maximum absolute atomic E-state index is 13.6. The second kappa shape index (κ2) is 10.4. The highest BCUT2D eigenvalue weighted by Crippen LogP contribution is 2.26. The highest BCUT2D eigenvalue weighted by atomic mass is 32.1. The van der Waals surface area contributed by atoms with Crippen LogP contribution < -0.4 is 16.8 Å². The van der Waals surface area contributed by atoms with Crippen molar-refractivity contribution in [1.82, 2.24) is 14.6 Å². The third-order valence-corrected chi connectivity index (χ3v) is 5.47. The van der Waals surface area contributed by atoms with Gasteiger partial charge in [0.25, 0.3) is 11.8 Å². The second-order valence-electron chi connectivity index (χ2n) is 8.45. The zero-order valence-corrected chi connectivity index (χ0v) is 19.3. The van der Waals surface area contributed by atoms with E-state index in [1.54, 1.807) is 0 Å². The number of primary amides is 1. The van der Waals surface area contributed by atoms with Crippen LogP contribution in [-0.4, -0.2) is 38.6 Å². The fourth-order valence-corrected chi connectivity index (χ4v) is 3.90. The molecule has 2 aromatic rings. The van der Waals surface area contributed by atoms with Gasteiger partial charge in [-0.15, -0.1) is 0 Å². The number of benzene rings is 1. The van der Waals surface area contributed by atoms with Crippen molar-refractivity contribution < 1.29 is 14.4 Å². The van der Waals surface area contributed by atoms with Gasteiger partial charge < -0.3 is 21.7 Å². The van der Waals surface area contributed by atoms with Gasteiger partial charge in [0.2, 0.25) is 5.91 Å². The van der Waals surface area contributed by atoms with Crippen LogP contribution in [0.1, 0.15) is 72.7 Å². The van der Waals surface area contributed by atoms with Gasteiger partial charge in [0.05, 0.1) is 5.69 Å². The Morgan fingerprint density at radius 2 is 1.84 bits per heavy atom. The van der Waals surface area contributed by atoms with E-state index in [1.807, 2.05) is 58.0 Å². The first-order chi connectivity index (χ1) is 14.5. The SMILES string of the molecule is CCCC[C@@H](C(=O)NC(C)(C)C)N(Cc1ccccc1)C(=O)c1snc(C(N)=O)c1N. The van der Waals surface area contributed by atoms with Crippen LogP contribution in [0.3, 0.4) is 0 Å². The van der Waals surface area contributed by atoms with Crippen molar-refractivity contribution in [3.63, 3.8) is 0 Å². The predicted octanol–water partition coefficient (Wildman–Crippen LogP) is 2.94. The molecule has 9 heteroatoms. The van der Waals surface area contributed by atoms with Gasteiger partial charge in [-0.05, 0) is 44.3 Å². The monoisotopic (exact) mass is 445 g/mol. The van der Waals surface area contributed by atoms with Gasteiger partial charge in [-0.1, -0.05) is 50.1 Å². The van der Waals surface area contributed by atoms with E-state index in [4.69, 9.17) is 11.5 Å². The number of aromatic nitrogens is 1. The Labute approximate surface area is 187 Å². The lowest BCUT2D eigenvalue weighted by atomic mass is 10.0. The van der Waals surface area contributed by atoms with E-state index in [0.717, 1.165) is 29.9 Å². The highest BCUT2D eigenvalue weighted by molar-refractivity contribution is 7.09. The third-order valence-electron chi connectivity index (χ3n) is 4.62. The normalized spacial score (nSPS) is 12.3. The minimum Gasteiger partial charge on any atom is -0.395 e. The summed E-state index contributed by atoms with van der Waals surface area (Å²) in [5, 5.41) is 2.99. The molecule has 0 spiro atoms. The van der Waals surface area contributed by atoms with Crippen molar-refractivity contribution in [3.05, 3.63) is 46.5 Å². The summed E-state index contributed by atoms with van der Waals surface area (Å²) in [4.78, 5) is 39.9. The lowest BCUT2D eigenvalue weighted by Gasteiger charge is -2.33. The summed E-state index contributed by atoms with van der Waals surface area (Å²) in [6.45, 7) is 7.93.